The lowest BCUT2D eigenvalue weighted by Gasteiger charge is -2.13. The number of primary amides is 2. The summed E-state index contributed by atoms with van der Waals surface area (Å²) < 4.78 is 41.4. The molecule has 0 saturated heterocycles. The van der Waals surface area contributed by atoms with E-state index in [1.807, 2.05) is 13.8 Å². The fourth-order valence-corrected chi connectivity index (χ4v) is 3.62. The fourth-order valence-electron chi connectivity index (χ4n) is 3.62. The number of carbonyl (C=O) groups excluding carboxylic acids is 3. The zero-order chi connectivity index (χ0) is 30.2. The average Bonchev–Trinajstić information content (AvgIpc) is 3.37. The summed E-state index contributed by atoms with van der Waals surface area (Å²) in [6.07, 6.45) is -4.01. The molecule has 0 atom stereocenters. The number of hydrogen-bond acceptors (Lipinski definition) is 7. The first-order valence-corrected chi connectivity index (χ1v) is 12.2. The van der Waals surface area contributed by atoms with Crippen molar-refractivity contribution >= 4 is 29.1 Å². The number of nitrogens with zero attached hydrogens (tertiary/aromatic N) is 2. The van der Waals surface area contributed by atoms with E-state index in [1.54, 1.807) is 0 Å². The van der Waals surface area contributed by atoms with Crippen LogP contribution < -0.4 is 27.3 Å². The molecule has 3 aromatic rings. The predicted molar refractivity (Wildman–Crippen MR) is 141 cm³/mol. The summed E-state index contributed by atoms with van der Waals surface area (Å²) in [5.74, 6) is -1.88. The number of rotatable bonds is 10. The molecule has 0 unspecified atom stereocenters. The standard InChI is InChI=1S/C17H19F3N4O3.C8H14N4O/c1-9(2)7-11-14(15(16(21)26)24-23-11)22-13(25)8-10-5-3-4-6-12(10)27-17(18,19)20;1-4(2)3-5-6(9)7(8(10)13)12-11-5/h3-6,9H,7-8H2,1-2H3,(H2,21,26)(H,22,25)(H,23,24);4H,3,9H2,1-2H3,(H2,10,13)(H,11,12). The second-order valence-corrected chi connectivity index (χ2v) is 9.70. The van der Waals surface area contributed by atoms with Crippen molar-refractivity contribution in [2.75, 3.05) is 11.1 Å². The third kappa shape index (κ3) is 9.32. The van der Waals surface area contributed by atoms with Crippen LogP contribution in [0, 0.1) is 11.8 Å². The molecule has 2 heterocycles. The van der Waals surface area contributed by atoms with Crippen LogP contribution >= 0.6 is 0 Å². The van der Waals surface area contributed by atoms with Crippen LogP contribution in [0.5, 0.6) is 5.75 Å². The average molecular weight is 567 g/mol. The molecule has 0 saturated carbocycles. The molecule has 2 aromatic heterocycles. The van der Waals surface area contributed by atoms with E-state index in [2.05, 4.69) is 44.3 Å². The molecular weight excluding hydrogens is 533 g/mol. The number of alkyl halides is 3. The maximum atomic E-state index is 12.5. The van der Waals surface area contributed by atoms with E-state index in [1.165, 1.54) is 18.2 Å². The lowest BCUT2D eigenvalue weighted by molar-refractivity contribution is -0.274. The van der Waals surface area contributed by atoms with E-state index in [-0.39, 0.29) is 28.6 Å². The number of nitrogens with one attached hydrogen (secondary N) is 3. The van der Waals surface area contributed by atoms with Crippen LogP contribution in [-0.4, -0.2) is 44.5 Å². The monoisotopic (exact) mass is 566 g/mol. The molecule has 0 radical (unpaired) electrons. The van der Waals surface area contributed by atoms with Crippen LogP contribution in [-0.2, 0) is 24.1 Å². The second-order valence-electron chi connectivity index (χ2n) is 9.70. The highest BCUT2D eigenvalue weighted by molar-refractivity contribution is 6.02. The molecule has 40 heavy (non-hydrogen) atoms. The Bertz CT molecular complexity index is 1330. The largest absolute Gasteiger partial charge is 0.573 e. The van der Waals surface area contributed by atoms with Gasteiger partial charge in [-0.1, -0.05) is 45.9 Å². The first kappa shape index (κ1) is 31.7. The number of nitrogens with two attached hydrogens (primary N) is 3. The van der Waals surface area contributed by atoms with Crippen LogP contribution in [0.4, 0.5) is 24.5 Å². The summed E-state index contributed by atoms with van der Waals surface area (Å²) in [7, 11) is 0. The van der Waals surface area contributed by atoms with Gasteiger partial charge in [-0.25, -0.2) is 0 Å². The Morgan fingerprint density at radius 3 is 1.98 bits per heavy atom. The highest BCUT2D eigenvalue weighted by atomic mass is 19.4. The van der Waals surface area contributed by atoms with Gasteiger partial charge in [-0.15, -0.1) is 13.2 Å². The molecule has 0 aliphatic heterocycles. The number of ether oxygens (including phenoxy) is 1. The lowest BCUT2D eigenvalue weighted by Crippen LogP contribution is -2.22. The maximum absolute atomic E-state index is 12.5. The Morgan fingerprint density at radius 2 is 1.45 bits per heavy atom. The van der Waals surface area contributed by atoms with Gasteiger partial charge in [0.05, 0.1) is 29.2 Å². The Kier molecular flexibility index (Phi) is 10.7. The van der Waals surface area contributed by atoms with Gasteiger partial charge in [0.15, 0.2) is 11.4 Å². The summed E-state index contributed by atoms with van der Waals surface area (Å²) in [5, 5.41) is 15.4. The van der Waals surface area contributed by atoms with Crippen molar-refractivity contribution in [3.05, 3.63) is 52.6 Å². The van der Waals surface area contributed by atoms with E-state index in [4.69, 9.17) is 17.2 Å². The van der Waals surface area contributed by atoms with Crippen LogP contribution in [0.2, 0.25) is 0 Å². The van der Waals surface area contributed by atoms with E-state index >= 15 is 0 Å². The van der Waals surface area contributed by atoms with Gasteiger partial charge in [0.2, 0.25) is 5.91 Å². The Morgan fingerprint density at radius 1 is 0.925 bits per heavy atom. The van der Waals surface area contributed by atoms with Crippen LogP contribution in [0.1, 0.15) is 65.6 Å². The van der Waals surface area contributed by atoms with Crippen molar-refractivity contribution < 1.29 is 32.3 Å². The third-order valence-corrected chi connectivity index (χ3v) is 5.23. The topological polar surface area (TPSA) is 208 Å². The van der Waals surface area contributed by atoms with Crippen LogP contribution in [0.3, 0.4) is 0 Å². The zero-order valence-corrected chi connectivity index (χ0v) is 22.5. The minimum absolute atomic E-state index is 0.0434. The van der Waals surface area contributed by atoms with Crippen molar-refractivity contribution in [3.8, 4) is 5.75 Å². The summed E-state index contributed by atoms with van der Waals surface area (Å²) in [6.45, 7) is 7.98. The summed E-state index contributed by atoms with van der Waals surface area (Å²) >= 11 is 0. The number of hydrogen-bond donors (Lipinski definition) is 6. The van der Waals surface area contributed by atoms with E-state index < -0.39 is 36.3 Å². The molecule has 3 rings (SSSR count). The van der Waals surface area contributed by atoms with Gasteiger partial charge in [0.25, 0.3) is 11.8 Å². The van der Waals surface area contributed by atoms with Crippen molar-refractivity contribution in [2.24, 2.45) is 23.3 Å². The Labute approximate surface area is 228 Å². The smallest absolute Gasteiger partial charge is 0.405 e. The molecule has 12 nitrogen and oxygen atoms in total. The number of aromatic amines is 2. The molecule has 0 aliphatic carbocycles. The number of benzene rings is 1. The van der Waals surface area contributed by atoms with Gasteiger partial charge >= 0.3 is 6.36 Å². The Hall–Kier alpha value is -4.56. The van der Waals surface area contributed by atoms with Gasteiger partial charge < -0.3 is 27.3 Å². The molecular formula is C25H33F3N8O4. The predicted octanol–water partition coefficient (Wildman–Crippen LogP) is 3.08. The second kappa shape index (κ2) is 13.5. The number of anilines is 2. The molecule has 0 aliphatic rings. The number of halogens is 3. The van der Waals surface area contributed by atoms with Crippen molar-refractivity contribution in [3.63, 3.8) is 0 Å². The molecule has 15 heteroatoms. The molecule has 9 N–H and O–H groups in total. The summed E-state index contributed by atoms with van der Waals surface area (Å²) in [5.41, 5.74) is 17.8. The quantitative estimate of drug-likeness (QED) is 0.216. The molecule has 3 amide bonds. The van der Waals surface area contributed by atoms with Crippen molar-refractivity contribution in [1.29, 1.82) is 0 Å². The number of aromatic nitrogens is 4. The fraction of sp³-hybridized carbons (Fsp3) is 0.400. The van der Waals surface area contributed by atoms with Gasteiger partial charge in [-0.2, -0.15) is 10.2 Å². The lowest BCUT2D eigenvalue weighted by atomic mass is 10.1. The van der Waals surface area contributed by atoms with Gasteiger partial charge in [0.1, 0.15) is 5.75 Å². The SMILES string of the molecule is CC(C)Cc1[nH]nc(C(N)=O)c1N.CC(C)Cc1[nH]nc(C(N)=O)c1NC(=O)Cc1ccccc1OC(F)(F)F. The third-order valence-electron chi connectivity index (χ3n) is 5.23. The van der Waals surface area contributed by atoms with E-state index in [0.717, 1.165) is 18.2 Å². The van der Waals surface area contributed by atoms with Crippen LogP contribution in [0.25, 0.3) is 0 Å². The number of para-hydroxylation sites is 1. The van der Waals surface area contributed by atoms with E-state index in [0.29, 0.717) is 23.7 Å². The molecule has 1 aromatic carbocycles. The number of H-pyrrole nitrogens is 2. The normalized spacial score (nSPS) is 11.2. The van der Waals surface area contributed by atoms with Gasteiger partial charge in [-0.3, -0.25) is 24.6 Å². The number of amides is 3. The Balaban J connectivity index is 0.000000360. The molecule has 218 valence electrons. The van der Waals surface area contributed by atoms with Crippen LogP contribution in [0.15, 0.2) is 24.3 Å². The molecule has 0 bridgehead atoms. The minimum Gasteiger partial charge on any atom is -0.405 e. The zero-order valence-electron chi connectivity index (χ0n) is 22.5. The summed E-state index contributed by atoms with van der Waals surface area (Å²) in [4.78, 5) is 34.7. The number of nitrogen functional groups attached to an aromatic ring is 1. The van der Waals surface area contributed by atoms with Crippen molar-refractivity contribution in [1.82, 2.24) is 20.4 Å². The highest BCUT2D eigenvalue weighted by Crippen LogP contribution is 2.27. The van der Waals surface area contributed by atoms with Gasteiger partial charge in [0, 0.05) is 5.56 Å². The summed E-state index contributed by atoms with van der Waals surface area (Å²) in [6, 6.07) is 5.32. The minimum atomic E-state index is -4.87. The van der Waals surface area contributed by atoms with Gasteiger partial charge in [-0.05, 0) is 30.7 Å². The first-order chi connectivity index (χ1) is 18.6. The maximum Gasteiger partial charge on any atom is 0.573 e. The molecule has 0 spiro atoms. The van der Waals surface area contributed by atoms with Crippen molar-refractivity contribution in [2.45, 2.75) is 53.3 Å². The number of carbonyl (C=O) groups is 3. The molecule has 0 fully saturated rings. The first-order valence-electron chi connectivity index (χ1n) is 12.2. The van der Waals surface area contributed by atoms with E-state index in [9.17, 15) is 27.6 Å². The highest BCUT2D eigenvalue weighted by Gasteiger charge is 2.32.